The van der Waals surface area contributed by atoms with Crippen LogP contribution in [0, 0.1) is 0 Å². The Balaban J connectivity index is 2.37. The smallest absolute Gasteiger partial charge is 0.126 e. The molecule has 1 heteroatoms. The van der Waals surface area contributed by atoms with Crippen LogP contribution in [0.5, 0.6) is 5.75 Å². The fourth-order valence-corrected chi connectivity index (χ4v) is 2.40. The number of benzene rings is 2. The summed E-state index contributed by atoms with van der Waals surface area (Å²) in [5, 5.41) is 12.3. The van der Waals surface area contributed by atoms with Gasteiger partial charge in [-0.1, -0.05) is 24.3 Å². The van der Waals surface area contributed by atoms with Crippen molar-refractivity contribution in [2.75, 3.05) is 0 Å². The molecule has 0 unspecified atom stereocenters. The molecule has 0 aliphatic heterocycles. The minimum Gasteiger partial charge on any atom is -0.507 e. The molecule has 0 heterocycles. The van der Waals surface area contributed by atoms with E-state index < -0.39 is 0 Å². The van der Waals surface area contributed by atoms with Gasteiger partial charge in [-0.2, -0.15) is 0 Å². The number of aromatic hydroxyl groups is 1. The van der Waals surface area contributed by atoms with Crippen LogP contribution in [0.25, 0.3) is 10.8 Å². The molecule has 0 saturated heterocycles. The Morgan fingerprint density at radius 3 is 2.67 bits per heavy atom. The Morgan fingerprint density at radius 1 is 0.933 bits per heavy atom. The predicted molar refractivity (Wildman–Crippen MR) is 62.3 cm³/mol. The van der Waals surface area contributed by atoms with Crippen LogP contribution in [0.3, 0.4) is 0 Å². The topological polar surface area (TPSA) is 20.2 Å². The fraction of sp³-hybridized carbons (Fsp3) is 0.286. The number of fused-ring (bicyclic) bond motifs is 2. The third-order valence-electron chi connectivity index (χ3n) is 3.30. The highest BCUT2D eigenvalue weighted by Gasteiger charge is 2.09. The highest BCUT2D eigenvalue weighted by atomic mass is 16.3. The monoisotopic (exact) mass is 198 g/mol. The first-order valence-corrected chi connectivity index (χ1v) is 5.58. The van der Waals surface area contributed by atoms with Crippen molar-refractivity contribution in [2.45, 2.75) is 25.7 Å². The Bertz CT molecular complexity index is 509. The molecule has 0 amide bonds. The normalized spacial score (nSPS) is 15.2. The van der Waals surface area contributed by atoms with Crippen molar-refractivity contribution in [1.82, 2.24) is 0 Å². The SMILES string of the molecule is Oc1c2ccc3ccc(cc13)CCCC2. The standard InChI is InChI=1S/C14H14O/c15-14-12-4-2-1-3-10-5-6-11(7-8-12)13(14)9-10/h5-9,15H,1-4H2. The van der Waals surface area contributed by atoms with E-state index in [-0.39, 0.29) is 0 Å². The Kier molecular flexibility index (Phi) is 1.91. The average Bonchev–Trinajstić information content (AvgIpc) is 2.32. The summed E-state index contributed by atoms with van der Waals surface area (Å²) in [4.78, 5) is 0. The van der Waals surface area contributed by atoms with E-state index in [9.17, 15) is 5.11 Å². The molecule has 3 bridgehead atoms. The molecular weight excluding hydrogens is 184 g/mol. The van der Waals surface area contributed by atoms with Gasteiger partial charge in [-0.15, -0.1) is 0 Å². The molecule has 0 radical (unpaired) electrons. The second kappa shape index (κ2) is 3.27. The maximum atomic E-state index is 10.1. The molecule has 0 fully saturated rings. The number of hydrogen-bond donors (Lipinski definition) is 1. The quantitative estimate of drug-likeness (QED) is 0.687. The second-order valence-electron chi connectivity index (χ2n) is 4.34. The first-order chi connectivity index (χ1) is 7.34. The Morgan fingerprint density at radius 2 is 1.73 bits per heavy atom. The number of phenols is 1. The van der Waals surface area contributed by atoms with Gasteiger partial charge >= 0.3 is 0 Å². The van der Waals surface area contributed by atoms with Crippen molar-refractivity contribution in [1.29, 1.82) is 0 Å². The summed E-state index contributed by atoms with van der Waals surface area (Å²) >= 11 is 0. The molecule has 1 aliphatic carbocycles. The van der Waals surface area contributed by atoms with E-state index in [1.165, 1.54) is 12.0 Å². The van der Waals surface area contributed by atoms with Gasteiger partial charge in [0.25, 0.3) is 0 Å². The maximum Gasteiger partial charge on any atom is 0.126 e. The molecule has 1 nitrogen and oxygen atoms in total. The second-order valence-corrected chi connectivity index (χ2v) is 4.34. The van der Waals surface area contributed by atoms with E-state index in [2.05, 4.69) is 30.3 Å². The first kappa shape index (κ1) is 8.78. The lowest BCUT2D eigenvalue weighted by Gasteiger charge is -2.06. The van der Waals surface area contributed by atoms with Crippen molar-refractivity contribution in [3.8, 4) is 5.75 Å². The zero-order valence-corrected chi connectivity index (χ0v) is 8.66. The average molecular weight is 198 g/mol. The molecule has 3 rings (SSSR count). The lowest BCUT2D eigenvalue weighted by molar-refractivity contribution is 0.473. The highest BCUT2D eigenvalue weighted by molar-refractivity contribution is 5.89. The molecule has 15 heavy (non-hydrogen) atoms. The summed E-state index contributed by atoms with van der Waals surface area (Å²) < 4.78 is 0. The number of aryl methyl sites for hydroxylation is 2. The molecule has 1 N–H and O–H groups in total. The third kappa shape index (κ3) is 1.39. The number of hydrogen-bond acceptors (Lipinski definition) is 1. The van der Waals surface area contributed by atoms with E-state index in [0.717, 1.165) is 35.6 Å². The van der Waals surface area contributed by atoms with Gasteiger partial charge in [0.15, 0.2) is 0 Å². The van der Waals surface area contributed by atoms with Gasteiger partial charge in [0.2, 0.25) is 0 Å². The molecule has 0 atom stereocenters. The van der Waals surface area contributed by atoms with Gasteiger partial charge in [0.05, 0.1) is 0 Å². The Hall–Kier alpha value is -1.50. The van der Waals surface area contributed by atoms with Crippen molar-refractivity contribution in [2.24, 2.45) is 0 Å². The van der Waals surface area contributed by atoms with Crippen LogP contribution < -0.4 is 0 Å². The summed E-state index contributed by atoms with van der Waals surface area (Å²) in [6.45, 7) is 0. The van der Waals surface area contributed by atoms with Crippen LogP contribution in [0.4, 0.5) is 0 Å². The van der Waals surface area contributed by atoms with Crippen LogP contribution in [0.15, 0.2) is 30.3 Å². The van der Waals surface area contributed by atoms with Crippen molar-refractivity contribution < 1.29 is 5.11 Å². The van der Waals surface area contributed by atoms with Crippen molar-refractivity contribution >= 4 is 10.8 Å². The van der Waals surface area contributed by atoms with E-state index in [1.54, 1.807) is 0 Å². The number of rotatable bonds is 0. The van der Waals surface area contributed by atoms with Crippen LogP contribution in [-0.2, 0) is 12.8 Å². The van der Waals surface area contributed by atoms with E-state index in [0.29, 0.717) is 5.75 Å². The summed E-state index contributed by atoms with van der Waals surface area (Å²) in [7, 11) is 0. The molecule has 2 aromatic carbocycles. The van der Waals surface area contributed by atoms with Gasteiger partial charge < -0.3 is 5.11 Å². The van der Waals surface area contributed by atoms with Crippen molar-refractivity contribution in [3.05, 3.63) is 41.5 Å². The van der Waals surface area contributed by atoms with Crippen LogP contribution in [0.1, 0.15) is 24.0 Å². The van der Waals surface area contributed by atoms with Crippen LogP contribution in [0.2, 0.25) is 0 Å². The lowest BCUT2D eigenvalue weighted by Crippen LogP contribution is -1.86. The Labute approximate surface area is 89.4 Å². The first-order valence-electron chi connectivity index (χ1n) is 5.58. The van der Waals surface area contributed by atoms with E-state index in [4.69, 9.17) is 0 Å². The molecule has 0 spiro atoms. The van der Waals surface area contributed by atoms with Crippen molar-refractivity contribution in [3.63, 3.8) is 0 Å². The van der Waals surface area contributed by atoms with E-state index >= 15 is 0 Å². The zero-order valence-electron chi connectivity index (χ0n) is 8.66. The van der Waals surface area contributed by atoms with Gasteiger partial charge in [0.1, 0.15) is 5.75 Å². The molecule has 2 aromatic rings. The third-order valence-corrected chi connectivity index (χ3v) is 3.30. The molecule has 76 valence electrons. The highest BCUT2D eigenvalue weighted by Crippen LogP contribution is 2.32. The van der Waals surface area contributed by atoms with Crippen LogP contribution >= 0.6 is 0 Å². The number of phenolic OH excluding ortho intramolecular Hbond substituents is 1. The minimum atomic E-state index is 0.497. The minimum absolute atomic E-state index is 0.497. The maximum absolute atomic E-state index is 10.1. The zero-order chi connectivity index (χ0) is 10.3. The van der Waals surface area contributed by atoms with E-state index in [1.807, 2.05) is 0 Å². The predicted octanol–water partition coefficient (Wildman–Crippen LogP) is 3.42. The summed E-state index contributed by atoms with van der Waals surface area (Å²) in [5.74, 6) is 0.497. The van der Waals surface area contributed by atoms with Gasteiger partial charge in [-0.05, 0) is 48.3 Å². The summed E-state index contributed by atoms with van der Waals surface area (Å²) in [5.41, 5.74) is 2.44. The fourth-order valence-electron chi connectivity index (χ4n) is 2.40. The largest absolute Gasteiger partial charge is 0.507 e. The molecular formula is C14H14O. The molecule has 0 saturated carbocycles. The lowest BCUT2D eigenvalue weighted by atomic mass is 10.0. The van der Waals surface area contributed by atoms with Gasteiger partial charge in [0, 0.05) is 5.39 Å². The summed E-state index contributed by atoms with van der Waals surface area (Å²) in [6.07, 6.45) is 4.51. The van der Waals surface area contributed by atoms with Gasteiger partial charge in [-0.3, -0.25) is 0 Å². The molecule has 1 aliphatic rings. The van der Waals surface area contributed by atoms with Gasteiger partial charge in [-0.25, -0.2) is 0 Å². The van der Waals surface area contributed by atoms with Crippen LogP contribution in [-0.4, -0.2) is 5.11 Å². The molecule has 0 aromatic heterocycles. The summed E-state index contributed by atoms with van der Waals surface area (Å²) in [6, 6.07) is 10.6.